The molecule has 0 radical (unpaired) electrons. The van der Waals surface area contributed by atoms with Crippen molar-refractivity contribution in [2.45, 2.75) is 6.92 Å². The molecular formula is C14H17N. The molecule has 0 atom stereocenters. The third-order valence-corrected chi connectivity index (χ3v) is 2.52. The number of rotatable bonds is 3. The average Bonchev–Trinajstić information content (AvgIpc) is 2.50. The number of nitrogens with zero attached hydrogens (tertiary/aromatic N) is 1. The molecule has 0 unspecified atom stereocenters. The Morgan fingerprint density at radius 2 is 1.80 bits per heavy atom. The first-order valence-corrected chi connectivity index (χ1v) is 4.93. The number of allylic oxidation sites excluding steroid dienone is 1. The molecule has 0 spiro atoms. The lowest BCUT2D eigenvalue weighted by molar-refractivity contribution is 0.876. The van der Waals surface area contributed by atoms with Crippen molar-refractivity contribution in [3.63, 3.8) is 0 Å². The normalized spacial score (nSPS) is 12.9. The Labute approximate surface area is 91.1 Å². The van der Waals surface area contributed by atoms with Crippen LogP contribution in [0.1, 0.15) is 18.2 Å². The largest absolute Gasteiger partial charge is 0.344 e. The van der Waals surface area contributed by atoms with Crippen molar-refractivity contribution in [2.75, 3.05) is 0 Å². The van der Waals surface area contributed by atoms with Crippen molar-refractivity contribution in [1.82, 2.24) is 4.57 Å². The number of aromatic nitrogens is 1. The van der Waals surface area contributed by atoms with Crippen LogP contribution >= 0.6 is 0 Å². The minimum atomic E-state index is 1.09. The second kappa shape index (κ2) is 4.65. The van der Waals surface area contributed by atoms with Gasteiger partial charge >= 0.3 is 0 Å². The zero-order chi connectivity index (χ0) is 11.4. The van der Waals surface area contributed by atoms with Gasteiger partial charge in [0.25, 0.3) is 0 Å². The van der Waals surface area contributed by atoms with E-state index in [1.165, 1.54) is 5.35 Å². The minimum absolute atomic E-state index is 1.09. The van der Waals surface area contributed by atoms with Gasteiger partial charge in [-0.25, -0.2) is 0 Å². The predicted molar refractivity (Wildman–Crippen MR) is 69.6 cm³/mol. The molecule has 1 nitrogen and oxygen atoms in total. The summed E-state index contributed by atoms with van der Waals surface area (Å²) in [6.45, 7) is 13.4. The Kier molecular flexibility index (Phi) is 3.51. The SMILES string of the molecule is C=C/C=c1/c(C=C)c(C=C)n(C)/c1=C/C. The van der Waals surface area contributed by atoms with Gasteiger partial charge in [0.1, 0.15) is 0 Å². The molecule has 15 heavy (non-hydrogen) atoms. The van der Waals surface area contributed by atoms with Gasteiger partial charge in [-0.3, -0.25) is 0 Å². The molecule has 0 saturated heterocycles. The third-order valence-electron chi connectivity index (χ3n) is 2.52. The molecule has 1 heterocycles. The average molecular weight is 199 g/mol. The van der Waals surface area contributed by atoms with Crippen LogP contribution in [-0.2, 0) is 7.05 Å². The van der Waals surface area contributed by atoms with Crippen molar-refractivity contribution in [1.29, 1.82) is 0 Å². The summed E-state index contributed by atoms with van der Waals surface area (Å²) in [5.74, 6) is 0. The Hall–Kier alpha value is -1.76. The molecule has 0 aliphatic carbocycles. The maximum absolute atomic E-state index is 3.84. The van der Waals surface area contributed by atoms with Crippen LogP contribution in [-0.4, -0.2) is 4.57 Å². The van der Waals surface area contributed by atoms with E-state index < -0.39 is 0 Å². The van der Waals surface area contributed by atoms with Crippen LogP contribution in [0.2, 0.25) is 0 Å². The minimum Gasteiger partial charge on any atom is -0.344 e. The summed E-state index contributed by atoms with van der Waals surface area (Å²) < 4.78 is 2.11. The van der Waals surface area contributed by atoms with Crippen molar-refractivity contribution in [3.05, 3.63) is 47.6 Å². The molecular weight excluding hydrogens is 182 g/mol. The predicted octanol–water partition coefficient (Wildman–Crippen LogP) is 2.08. The fourth-order valence-electron chi connectivity index (χ4n) is 1.87. The van der Waals surface area contributed by atoms with E-state index in [-0.39, 0.29) is 0 Å². The first-order valence-electron chi connectivity index (χ1n) is 4.93. The molecule has 0 N–H and O–H groups in total. The lowest BCUT2D eigenvalue weighted by Gasteiger charge is -1.97. The molecule has 0 fully saturated rings. The lowest BCUT2D eigenvalue weighted by Crippen LogP contribution is -2.28. The second-order valence-electron chi connectivity index (χ2n) is 3.26. The Morgan fingerprint density at radius 1 is 1.13 bits per heavy atom. The Morgan fingerprint density at radius 3 is 2.20 bits per heavy atom. The standard InChI is InChI=1S/C14H17N/c1-6-10-12-11(7-2)13(8-3)15(5)14(12)9-4/h6-10H,1-3H2,4-5H3/b12-10-,14-9+. The van der Waals surface area contributed by atoms with E-state index in [1.807, 2.05) is 32.2 Å². The summed E-state index contributed by atoms with van der Waals surface area (Å²) in [5, 5.41) is 2.32. The van der Waals surface area contributed by atoms with Crippen LogP contribution in [0.25, 0.3) is 24.3 Å². The van der Waals surface area contributed by atoms with E-state index in [9.17, 15) is 0 Å². The highest BCUT2D eigenvalue weighted by Gasteiger charge is 2.05. The van der Waals surface area contributed by atoms with Gasteiger partial charge < -0.3 is 4.57 Å². The molecule has 0 saturated carbocycles. The zero-order valence-electron chi connectivity index (χ0n) is 9.46. The zero-order valence-corrected chi connectivity index (χ0v) is 9.46. The number of hydrogen-bond acceptors (Lipinski definition) is 0. The highest BCUT2D eigenvalue weighted by molar-refractivity contribution is 5.65. The van der Waals surface area contributed by atoms with E-state index in [1.54, 1.807) is 6.08 Å². The number of hydrogen-bond donors (Lipinski definition) is 0. The van der Waals surface area contributed by atoms with E-state index >= 15 is 0 Å². The molecule has 1 aromatic heterocycles. The fourth-order valence-corrected chi connectivity index (χ4v) is 1.87. The quantitative estimate of drug-likeness (QED) is 0.702. The molecule has 1 rings (SSSR count). The van der Waals surface area contributed by atoms with Gasteiger partial charge in [-0.2, -0.15) is 0 Å². The van der Waals surface area contributed by atoms with E-state index in [0.29, 0.717) is 0 Å². The van der Waals surface area contributed by atoms with Crippen molar-refractivity contribution < 1.29 is 0 Å². The van der Waals surface area contributed by atoms with Crippen LogP contribution in [0.3, 0.4) is 0 Å². The van der Waals surface area contributed by atoms with Gasteiger partial charge in [-0.15, -0.1) is 0 Å². The first kappa shape index (κ1) is 11.3. The smallest absolute Gasteiger partial charge is 0.0482 e. The summed E-state index contributed by atoms with van der Waals surface area (Å²) in [6, 6.07) is 0. The first-order chi connectivity index (χ1) is 7.21. The van der Waals surface area contributed by atoms with Gasteiger partial charge in [0.15, 0.2) is 0 Å². The van der Waals surface area contributed by atoms with Gasteiger partial charge in [-0.05, 0) is 13.0 Å². The maximum atomic E-state index is 3.84. The summed E-state index contributed by atoms with van der Waals surface area (Å²) >= 11 is 0. The maximum Gasteiger partial charge on any atom is 0.0482 e. The van der Waals surface area contributed by atoms with Crippen LogP contribution in [0.15, 0.2) is 25.8 Å². The summed E-state index contributed by atoms with van der Waals surface area (Å²) in [5.41, 5.74) is 2.20. The monoisotopic (exact) mass is 199 g/mol. The highest BCUT2D eigenvalue weighted by atomic mass is 14.9. The Balaban J connectivity index is 3.93. The molecule has 0 aliphatic rings. The van der Waals surface area contributed by atoms with Crippen LogP contribution in [0.5, 0.6) is 0 Å². The Bertz CT molecular complexity index is 513. The van der Waals surface area contributed by atoms with Crippen LogP contribution in [0, 0.1) is 0 Å². The second-order valence-corrected chi connectivity index (χ2v) is 3.26. The molecule has 0 bridgehead atoms. The van der Waals surface area contributed by atoms with E-state index in [4.69, 9.17) is 0 Å². The molecule has 1 aromatic rings. The summed E-state index contributed by atoms with van der Waals surface area (Å²) in [4.78, 5) is 0. The fraction of sp³-hybridized carbons (Fsp3) is 0.143. The molecule has 0 aromatic carbocycles. The molecule has 0 aliphatic heterocycles. The van der Waals surface area contributed by atoms with Crippen molar-refractivity contribution in [3.8, 4) is 0 Å². The van der Waals surface area contributed by atoms with Gasteiger partial charge in [-0.1, -0.05) is 44.0 Å². The van der Waals surface area contributed by atoms with Gasteiger partial charge in [0, 0.05) is 28.9 Å². The van der Waals surface area contributed by atoms with Crippen LogP contribution < -0.4 is 10.6 Å². The van der Waals surface area contributed by atoms with Crippen molar-refractivity contribution >= 4 is 24.3 Å². The summed E-state index contributed by atoms with van der Waals surface area (Å²) in [6.07, 6.45) is 9.58. The molecule has 0 amide bonds. The summed E-state index contributed by atoms with van der Waals surface area (Å²) in [7, 11) is 2.03. The molecule has 78 valence electrons. The highest BCUT2D eigenvalue weighted by Crippen LogP contribution is 2.04. The van der Waals surface area contributed by atoms with Crippen LogP contribution in [0.4, 0.5) is 0 Å². The van der Waals surface area contributed by atoms with Crippen molar-refractivity contribution in [2.24, 2.45) is 7.05 Å². The van der Waals surface area contributed by atoms with E-state index in [2.05, 4.69) is 30.4 Å². The van der Waals surface area contributed by atoms with Gasteiger partial charge in [0.2, 0.25) is 0 Å². The van der Waals surface area contributed by atoms with E-state index in [0.717, 1.165) is 16.5 Å². The third kappa shape index (κ3) is 1.73. The topological polar surface area (TPSA) is 4.93 Å². The van der Waals surface area contributed by atoms with Gasteiger partial charge in [0.05, 0.1) is 0 Å². The lowest BCUT2D eigenvalue weighted by atomic mass is 10.2. The molecule has 1 heteroatoms.